The first-order valence-electron chi connectivity index (χ1n) is 13.6. The lowest BCUT2D eigenvalue weighted by Gasteiger charge is -2.22. The molecule has 4 heteroatoms. The van der Waals surface area contributed by atoms with Gasteiger partial charge in [0.05, 0.1) is 0 Å². The zero-order chi connectivity index (χ0) is 26.0. The molecule has 4 aromatic carbocycles. The van der Waals surface area contributed by atoms with Crippen LogP contribution in [0.2, 0.25) is 0 Å². The van der Waals surface area contributed by atoms with E-state index >= 15 is 0 Å². The minimum Gasteiger partial charge on any atom is -0.488 e. The van der Waals surface area contributed by atoms with E-state index in [-0.39, 0.29) is 6.61 Å². The van der Waals surface area contributed by atoms with Gasteiger partial charge in [-0.25, -0.2) is 4.79 Å². The normalized spacial score (nSPS) is 13.6. The predicted molar refractivity (Wildman–Crippen MR) is 152 cm³/mol. The van der Waals surface area contributed by atoms with Crippen LogP contribution in [0.1, 0.15) is 70.6 Å². The number of carbonyl (C=O) groups is 1. The second kappa shape index (κ2) is 13.0. The van der Waals surface area contributed by atoms with Crippen LogP contribution in [-0.2, 0) is 24.5 Å². The number of benzene rings is 4. The number of ether oxygens (including phenoxy) is 2. The smallest absolute Gasteiger partial charge is 0.342 e. The van der Waals surface area contributed by atoms with E-state index < -0.39 is 5.97 Å². The number of carbonyl (C=O) groups excluding carboxylic acids is 1. The number of rotatable bonds is 10. The Labute approximate surface area is 225 Å². The van der Waals surface area contributed by atoms with Crippen LogP contribution in [0.25, 0.3) is 0 Å². The maximum atomic E-state index is 13.1. The highest BCUT2D eigenvalue weighted by Crippen LogP contribution is 2.32. The lowest BCUT2D eigenvalue weighted by Crippen LogP contribution is -2.10. The van der Waals surface area contributed by atoms with Crippen LogP contribution in [0.3, 0.4) is 0 Å². The predicted octanol–water partition coefficient (Wildman–Crippen LogP) is 8.28. The van der Waals surface area contributed by atoms with Crippen LogP contribution in [0.15, 0.2) is 103 Å². The minimum absolute atomic E-state index is 0.211. The molecule has 4 nitrogen and oxygen atoms in total. The molecule has 1 N–H and O–H groups in total. The van der Waals surface area contributed by atoms with Crippen molar-refractivity contribution in [3.05, 3.63) is 131 Å². The van der Waals surface area contributed by atoms with Crippen LogP contribution in [0.4, 0.5) is 5.69 Å². The van der Waals surface area contributed by atoms with Crippen molar-refractivity contribution in [3.63, 3.8) is 0 Å². The SMILES string of the molecule is O=C(OCc1ccccc1)c1cc(NCc2ccc(C3CCCCC3)cc2)ccc1OCc1ccccc1. The molecule has 0 bridgehead atoms. The summed E-state index contributed by atoms with van der Waals surface area (Å²) in [5, 5.41) is 3.47. The van der Waals surface area contributed by atoms with E-state index in [1.54, 1.807) is 0 Å². The lowest BCUT2D eigenvalue weighted by atomic mass is 9.84. The maximum Gasteiger partial charge on any atom is 0.342 e. The summed E-state index contributed by atoms with van der Waals surface area (Å²) in [4.78, 5) is 13.1. The van der Waals surface area contributed by atoms with Crippen molar-refractivity contribution in [2.24, 2.45) is 0 Å². The molecule has 0 aliphatic heterocycles. The molecule has 38 heavy (non-hydrogen) atoms. The van der Waals surface area contributed by atoms with E-state index in [1.165, 1.54) is 43.2 Å². The Morgan fingerprint density at radius 1 is 0.711 bits per heavy atom. The molecule has 4 aromatic rings. The van der Waals surface area contributed by atoms with Gasteiger partial charge in [-0.05, 0) is 59.2 Å². The molecule has 0 heterocycles. The van der Waals surface area contributed by atoms with Crippen LogP contribution < -0.4 is 10.1 Å². The van der Waals surface area contributed by atoms with E-state index in [4.69, 9.17) is 9.47 Å². The highest BCUT2D eigenvalue weighted by molar-refractivity contribution is 5.93. The zero-order valence-electron chi connectivity index (χ0n) is 21.8. The van der Waals surface area contributed by atoms with Gasteiger partial charge in [-0.2, -0.15) is 0 Å². The summed E-state index contributed by atoms with van der Waals surface area (Å²) in [7, 11) is 0. The summed E-state index contributed by atoms with van der Waals surface area (Å²) < 4.78 is 11.7. The first-order valence-corrected chi connectivity index (χ1v) is 13.6. The number of hydrogen-bond acceptors (Lipinski definition) is 4. The van der Waals surface area contributed by atoms with E-state index in [2.05, 4.69) is 29.6 Å². The van der Waals surface area contributed by atoms with Crippen molar-refractivity contribution in [3.8, 4) is 5.75 Å². The molecule has 1 fully saturated rings. The molecule has 0 radical (unpaired) electrons. The quantitative estimate of drug-likeness (QED) is 0.220. The van der Waals surface area contributed by atoms with E-state index in [0.717, 1.165) is 16.8 Å². The largest absolute Gasteiger partial charge is 0.488 e. The van der Waals surface area contributed by atoms with Crippen molar-refractivity contribution >= 4 is 11.7 Å². The fourth-order valence-corrected chi connectivity index (χ4v) is 5.01. The first-order chi connectivity index (χ1) is 18.7. The summed E-state index contributed by atoms with van der Waals surface area (Å²) in [6, 6.07) is 34.2. The second-order valence-electron chi connectivity index (χ2n) is 9.98. The summed E-state index contributed by atoms with van der Waals surface area (Å²) in [5.41, 5.74) is 5.90. The van der Waals surface area contributed by atoms with Gasteiger partial charge >= 0.3 is 5.97 Å². The minimum atomic E-state index is -0.405. The van der Waals surface area contributed by atoms with Crippen LogP contribution in [0, 0.1) is 0 Å². The monoisotopic (exact) mass is 505 g/mol. The number of hydrogen-bond donors (Lipinski definition) is 1. The van der Waals surface area contributed by atoms with E-state index in [9.17, 15) is 4.79 Å². The van der Waals surface area contributed by atoms with Crippen LogP contribution >= 0.6 is 0 Å². The van der Waals surface area contributed by atoms with Crippen molar-refractivity contribution < 1.29 is 14.3 Å². The third-order valence-electron chi connectivity index (χ3n) is 7.20. The average molecular weight is 506 g/mol. The van der Waals surface area contributed by atoms with Crippen molar-refractivity contribution in [1.82, 2.24) is 0 Å². The van der Waals surface area contributed by atoms with Gasteiger partial charge in [0.25, 0.3) is 0 Å². The van der Waals surface area contributed by atoms with Gasteiger partial charge in [0, 0.05) is 12.2 Å². The van der Waals surface area contributed by atoms with Gasteiger partial charge in [0.1, 0.15) is 24.5 Å². The van der Waals surface area contributed by atoms with E-state index in [0.29, 0.717) is 30.4 Å². The highest BCUT2D eigenvalue weighted by Gasteiger charge is 2.17. The van der Waals surface area contributed by atoms with Gasteiger partial charge in [0.2, 0.25) is 0 Å². The lowest BCUT2D eigenvalue weighted by molar-refractivity contribution is 0.0467. The van der Waals surface area contributed by atoms with Crippen LogP contribution in [0.5, 0.6) is 5.75 Å². The van der Waals surface area contributed by atoms with E-state index in [1.807, 2.05) is 78.9 Å². The molecule has 1 aliphatic carbocycles. The molecular formula is C34H35NO3. The number of esters is 1. The summed E-state index contributed by atoms with van der Waals surface area (Å²) in [6.07, 6.45) is 6.67. The Hall–Kier alpha value is -4.05. The Balaban J connectivity index is 1.27. The average Bonchev–Trinajstić information content (AvgIpc) is 2.99. The highest BCUT2D eigenvalue weighted by atomic mass is 16.5. The Morgan fingerprint density at radius 3 is 2.05 bits per heavy atom. The molecule has 1 aliphatic rings. The van der Waals surface area contributed by atoms with Gasteiger partial charge in [0.15, 0.2) is 0 Å². The third kappa shape index (κ3) is 7.04. The summed E-state index contributed by atoms with van der Waals surface area (Å²) in [6.45, 7) is 1.26. The second-order valence-corrected chi connectivity index (χ2v) is 9.98. The van der Waals surface area contributed by atoms with Gasteiger partial charge in [-0.3, -0.25) is 0 Å². The summed E-state index contributed by atoms with van der Waals surface area (Å²) >= 11 is 0. The standard InChI is InChI=1S/C34H35NO3/c36-34(38-25-28-12-6-2-7-13-28)32-22-31(20-21-33(32)37-24-27-10-4-1-5-11-27)35-23-26-16-18-30(19-17-26)29-14-8-3-9-15-29/h1-2,4-7,10-13,16-22,29,35H,3,8-9,14-15,23-25H2. The fraction of sp³-hybridized carbons (Fsp3) is 0.265. The molecule has 0 unspecified atom stereocenters. The zero-order valence-corrected chi connectivity index (χ0v) is 21.8. The van der Waals surface area contributed by atoms with Crippen molar-refractivity contribution in [2.45, 2.75) is 57.8 Å². The van der Waals surface area contributed by atoms with Crippen molar-refractivity contribution in [2.75, 3.05) is 5.32 Å². The molecule has 1 saturated carbocycles. The first kappa shape index (κ1) is 25.6. The summed E-state index contributed by atoms with van der Waals surface area (Å²) in [5.74, 6) is 0.811. The molecule has 0 amide bonds. The molecular weight excluding hydrogens is 470 g/mol. The van der Waals surface area contributed by atoms with Gasteiger partial charge < -0.3 is 14.8 Å². The molecule has 5 rings (SSSR count). The molecule has 0 spiro atoms. The third-order valence-corrected chi connectivity index (χ3v) is 7.20. The Morgan fingerprint density at radius 2 is 1.37 bits per heavy atom. The topological polar surface area (TPSA) is 47.6 Å². The number of nitrogens with one attached hydrogen (secondary N) is 1. The van der Waals surface area contributed by atoms with Crippen molar-refractivity contribution in [1.29, 1.82) is 0 Å². The Bertz CT molecular complexity index is 1300. The molecule has 0 saturated heterocycles. The maximum absolute atomic E-state index is 13.1. The molecule has 0 aromatic heterocycles. The number of anilines is 1. The van der Waals surface area contributed by atoms with Gasteiger partial charge in [-0.15, -0.1) is 0 Å². The molecule has 0 atom stereocenters. The van der Waals surface area contributed by atoms with Gasteiger partial charge in [-0.1, -0.05) is 104 Å². The Kier molecular flexibility index (Phi) is 8.73. The van der Waals surface area contributed by atoms with Crippen LogP contribution in [-0.4, -0.2) is 5.97 Å². The fourth-order valence-electron chi connectivity index (χ4n) is 5.01. The molecule has 194 valence electrons.